The van der Waals surface area contributed by atoms with Crippen molar-refractivity contribution in [3.8, 4) is 22.5 Å². The van der Waals surface area contributed by atoms with Crippen molar-refractivity contribution in [1.29, 1.82) is 0 Å². The predicted octanol–water partition coefficient (Wildman–Crippen LogP) is 12.0. The molecule has 6 heterocycles. The Kier molecular flexibility index (Phi) is 26.4. The number of benzene rings is 4. The molecule has 0 aliphatic carbocycles. The van der Waals surface area contributed by atoms with Crippen LogP contribution in [0.15, 0.2) is 214 Å². The first-order valence-corrected chi connectivity index (χ1v) is 41.8. The van der Waals surface area contributed by atoms with Gasteiger partial charge in [-0.1, -0.05) is 71.7 Å². The molecule has 10 aromatic rings. The van der Waals surface area contributed by atoms with Crippen molar-refractivity contribution >= 4 is 127 Å². The minimum atomic E-state index is -4.00. The molecule has 0 spiro atoms. The van der Waals surface area contributed by atoms with E-state index in [0.29, 0.717) is 45.5 Å². The number of hydrogen-bond acceptors (Lipinski definition) is 14. The van der Waals surface area contributed by atoms with E-state index in [-0.39, 0.29) is 49.1 Å². The number of halogens is 7. The summed E-state index contributed by atoms with van der Waals surface area (Å²) in [6.07, 6.45) is 10.1. The zero-order valence-corrected chi connectivity index (χ0v) is 55.8. The molecule has 0 unspecified atom stereocenters. The van der Waals surface area contributed by atoms with E-state index < -0.39 is 44.0 Å². The van der Waals surface area contributed by atoms with Gasteiger partial charge in [-0.05, 0) is 108 Å². The van der Waals surface area contributed by atoms with Crippen LogP contribution in [-0.2, 0) is 39.3 Å². The first-order valence-electron chi connectivity index (χ1n) is 24.7. The molecule has 0 aliphatic heterocycles. The van der Waals surface area contributed by atoms with E-state index >= 15 is 0 Å². The van der Waals surface area contributed by atoms with Gasteiger partial charge in [-0.25, -0.2) is 28.7 Å². The van der Waals surface area contributed by atoms with Gasteiger partial charge in [0.15, 0.2) is 0 Å². The Morgan fingerprint density at radius 2 is 0.895 bits per heavy atom. The standard InChI is InChI=1S/2C22H19ClFN5O2.2C6H6O3S.3HI.V/c2*1-28-9-2-3-20(28)27-22-25-8-6-18(26-22)14-7-10-29(21(31)12-14)19(13-30)15-4-5-16(23)17(24)11-15;2*7-10(8,9)6-4-2-1-3-5-6;;;;/h2*2-12,19,30H,13H2,1H3,(H,25,26,27);2*1-5H,(H,7,8,9);3*1H;/q;;;;;;;+3/p-3/t2*19-;;;;;;/m11....../s1. The molecule has 0 radical (unpaired) electrons. The number of pyridine rings is 2. The summed E-state index contributed by atoms with van der Waals surface area (Å²) in [7, 11) is -4.21. The van der Waals surface area contributed by atoms with E-state index in [1.54, 1.807) is 97.6 Å². The van der Waals surface area contributed by atoms with Gasteiger partial charge in [-0.15, -0.1) is 0 Å². The Morgan fingerprint density at radius 3 is 1.17 bits per heavy atom. The van der Waals surface area contributed by atoms with Gasteiger partial charge in [0.1, 0.15) is 23.3 Å². The molecule has 6 N–H and O–H groups in total. The third kappa shape index (κ3) is 20.6. The normalized spacial score (nSPS) is 11.7. The predicted molar refractivity (Wildman–Crippen MR) is 349 cm³/mol. The van der Waals surface area contributed by atoms with Gasteiger partial charge in [0, 0.05) is 74.5 Å². The molecule has 0 aliphatic rings. The van der Waals surface area contributed by atoms with Crippen LogP contribution in [0.5, 0.6) is 0 Å². The van der Waals surface area contributed by atoms with Crippen LogP contribution in [-0.4, -0.2) is 87.6 Å². The number of aliphatic hydroxyl groups excluding tert-OH is 2. The topological polar surface area (TPSA) is 279 Å². The molecule has 450 valence electrons. The van der Waals surface area contributed by atoms with E-state index in [0.717, 1.165) is 11.6 Å². The second-order valence-electron chi connectivity index (χ2n) is 17.6. The first-order chi connectivity index (χ1) is 40.9. The van der Waals surface area contributed by atoms with Crippen molar-refractivity contribution < 1.29 is 49.9 Å². The summed E-state index contributed by atoms with van der Waals surface area (Å²) in [6, 6.07) is 39.0. The maximum absolute atomic E-state index is 13.9. The van der Waals surface area contributed by atoms with E-state index in [9.17, 15) is 45.4 Å². The molecule has 6 aromatic heterocycles. The zero-order valence-electron chi connectivity index (χ0n) is 44.8. The fraction of sp³-hybridized carbons (Fsp3) is 0.107. The fourth-order valence-corrected chi connectivity index (χ4v) is 8.95. The van der Waals surface area contributed by atoms with Crippen LogP contribution in [0.2, 0.25) is 10.0 Å². The summed E-state index contributed by atoms with van der Waals surface area (Å²) in [5, 5.41) is 25.9. The Bertz CT molecular complexity index is 3970. The quantitative estimate of drug-likeness (QED) is 0.0436. The number of hydrogen-bond donors (Lipinski definition) is 6. The third-order valence-electron chi connectivity index (χ3n) is 11.9. The third-order valence-corrected chi connectivity index (χ3v) is 14.3. The molecule has 0 saturated carbocycles. The van der Waals surface area contributed by atoms with Gasteiger partial charge in [0.05, 0.1) is 56.5 Å². The van der Waals surface area contributed by atoms with Crippen molar-refractivity contribution in [2.75, 3.05) is 23.8 Å². The number of nitrogens with one attached hydrogen (secondary N) is 2. The van der Waals surface area contributed by atoms with Crippen LogP contribution in [0.4, 0.5) is 32.3 Å². The average molecular weight is 1630 g/mol. The van der Waals surface area contributed by atoms with Gasteiger partial charge in [0.2, 0.25) is 11.9 Å². The van der Waals surface area contributed by atoms with Gasteiger partial charge in [0.25, 0.3) is 31.4 Å². The molecule has 0 saturated heterocycles. The number of aromatic nitrogens is 8. The monoisotopic (exact) mass is 1630 g/mol. The van der Waals surface area contributed by atoms with Crippen molar-refractivity contribution in [2.24, 2.45) is 14.1 Å². The molecule has 30 heteroatoms. The number of rotatable bonds is 14. The number of aliphatic hydroxyl groups is 2. The van der Waals surface area contributed by atoms with Crippen LogP contribution in [0.25, 0.3) is 22.5 Å². The molecule has 4 aromatic carbocycles. The SMILES string of the molecule is Cn1cccc1Nc1nccc(-c2ccn([C@H](CO)c3ccc(Cl)c(F)c3)c(=O)c2)n1.Cn1cccc1Nc1nccc(-c2ccn([C@H](CO)c3ccc(Cl)c(F)c3)c(=O)c2)n1.O=S(=O)(O)c1ccccc1.O=S(=O)(O)c1ccccc1.[I][V]([I])[I]. The summed E-state index contributed by atoms with van der Waals surface area (Å²) in [5.41, 5.74) is 2.48. The molecule has 86 heavy (non-hydrogen) atoms. The van der Waals surface area contributed by atoms with Crippen molar-refractivity contribution in [3.05, 3.63) is 248 Å². The molecule has 0 fully saturated rings. The van der Waals surface area contributed by atoms with Crippen molar-refractivity contribution in [1.82, 2.24) is 38.2 Å². The molecule has 10 rings (SSSR count). The molecule has 2 atom stereocenters. The molecular weight excluding hydrogens is 1580 g/mol. The van der Waals surface area contributed by atoms with Crippen LogP contribution < -0.4 is 21.8 Å². The summed E-state index contributed by atoms with van der Waals surface area (Å²) in [4.78, 5) is 42.6. The van der Waals surface area contributed by atoms with E-state index in [1.807, 2.05) is 59.9 Å². The summed E-state index contributed by atoms with van der Waals surface area (Å²) < 4.78 is 92.7. The Morgan fingerprint density at radius 1 is 0.535 bits per heavy atom. The van der Waals surface area contributed by atoms with Gasteiger partial charge < -0.3 is 39.1 Å². The molecule has 0 amide bonds. The van der Waals surface area contributed by atoms with Crippen LogP contribution in [0, 0.1) is 11.6 Å². The van der Waals surface area contributed by atoms with Gasteiger partial charge in [-0.3, -0.25) is 18.7 Å². The number of nitrogens with zero attached hydrogens (tertiary/aromatic N) is 8. The number of aryl methyl sites for hydroxylation is 2. The average Bonchev–Trinajstić information content (AvgIpc) is 4.18. The summed E-state index contributed by atoms with van der Waals surface area (Å²) in [5.74, 6) is 1.23. The first kappa shape index (κ1) is 69.2. The van der Waals surface area contributed by atoms with Gasteiger partial charge >= 0.3 is 64.9 Å². The maximum atomic E-state index is 13.9. The Balaban J connectivity index is 0.000000200. The van der Waals surface area contributed by atoms with Crippen LogP contribution >= 0.6 is 83.1 Å². The van der Waals surface area contributed by atoms with E-state index in [2.05, 4.69) is 90.5 Å². The van der Waals surface area contributed by atoms with E-state index in [1.165, 1.54) is 69.8 Å². The van der Waals surface area contributed by atoms with Gasteiger partial charge in [-0.2, -0.15) is 16.8 Å². The summed E-state index contributed by atoms with van der Waals surface area (Å²) in [6.45, 7) is -0.753. The van der Waals surface area contributed by atoms with Crippen molar-refractivity contribution in [2.45, 2.75) is 21.9 Å². The van der Waals surface area contributed by atoms with Crippen LogP contribution in [0.3, 0.4) is 0 Å². The Labute approximate surface area is 540 Å². The number of anilines is 4. The molecule has 0 bridgehead atoms. The van der Waals surface area contributed by atoms with E-state index in [4.69, 9.17) is 32.3 Å². The molecular formula is C56H50Cl2F2I3N10O10S2V. The van der Waals surface area contributed by atoms with Crippen molar-refractivity contribution in [3.63, 3.8) is 0 Å². The zero-order chi connectivity index (χ0) is 62.7. The Hall–Kier alpha value is -5.95. The summed E-state index contributed by atoms with van der Waals surface area (Å²) >= 11 is 18.9. The second-order valence-corrected chi connectivity index (χ2v) is 56.7. The second kappa shape index (κ2) is 32.9. The molecule has 20 nitrogen and oxygen atoms in total. The minimum absolute atomic E-state index is 0.0216. The van der Waals surface area contributed by atoms with Crippen LogP contribution in [0.1, 0.15) is 23.2 Å². The fourth-order valence-electron chi connectivity index (χ4n) is 7.72.